The Labute approximate surface area is 73.5 Å². The van der Waals surface area contributed by atoms with Crippen molar-refractivity contribution >= 4 is 5.91 Å². The van der Waals surface area contributed by atoms with Gasteiger partial charge in [0.25, 0.3) is 0 Å². The summed E-state index contributed by atoms with van der Waals surface area (Å²) in [5.41, 5.74) is -0.126. The first kappa shape index (κ1) is 9.52. The van der Waals surface area contributed by atoms with Crippen molar-refractivity contribution in [1.29, 1.82) is 0 Å². The van der Waals surface area contributed by atoms with Gasteiger partial charge in [-0.05, 0) is 26.2 Å². The zero-order valence-corrected chi connectivity index (χ0v) is 7.85. The highest BCUT2D eigenvalue weighted by Gasteiger charge is 2.38. The Morgan fingerprint density at radius 3 is 2.58 bits per heavy atom. The molecule has 0 spiro atoms. The minimum Gasteiger partial charge on any atom is -0.378 e. The van der Waals surface area contributed by atoms with Crippen LogP contribution in [0.25, 0.3) is 0 Å². The van der Waals surface area contributed by atoms with Crippen LogP contribution in [0.4, 0.5) is 0 Å². The second kappa shape index (κ2) is 3.90. The Balaban J connectivity index is 2.32. The maximum atomic E-state index is 11.2. The zero-order chi connectivity index (χ0) is 9.03. The molecular formula is C9H17NO2. The summed E-state index contributed by atoms with van der Waals surface area (Å²) < 4.78 is 5.33. The standard InChI is InChI=1S/C9H17NO2/c1-3-10-8(11)7-9(12-2)5-4-6-9/h3-7H2,1-2H3,(H,10,11). The molecule has 0 radical (unpaired) electrons. The third-order valence-electron chi connectivity index (χ3n) is 2.55. The van der Waals surface area contributed by atoms with Gasteiger partial charge in [-0.2, -0.15) is 0 Å². The first-order chi connectivity index (χ1) is 5.72. The lowest BCUT2D eigenvalue weighted by atomic mass is 9.77. The predicted octanol–water partition coefficient (Wildman–Crippen LogP) is 1.08. The lowest BCUT2D eigenvalue weighted by Gasteiger charge is -2.39. The fourth-order valence-corrected chi connectivity index (χ4v) is 1.58. The number of nitrogens with one attached hydrogen (secondary N) is 1. The second-order valence-electron chi connectivity index (χ2n) is 3.37. The summed E-state index contributed by atoms with van der Waals surface area (Å²) in [6.45, 7) is 2.64. The topological polar surface area (TPSA) is 38.3 Å². The number of rotatable bonds is 4. The van der Waals surface area contributed by atoms with Crippen molar-refractivity contribution in [2.24, 2.45) is 0 Å². The molecule has 1 amide bonds. The van der Waals surface area contributed by atoms with Crippen LogP contribution in [0.15, 0.2) is 0 Å². The SMILES string of the molecule is CCNC(=O)CC1(OC)CCC1. The van der Waals surface area contributed by atoms with Gasteiger partial charge in [-0.3, -0.25) is 4.79 Å². The van der Waals surface area contributed by atoms with Gasteiger partial charge < -0.3 is 10.1 Å². The van der Waals surface area contributed by atoms with E-state index in [0.717, 1.165) is 12.8 Å². The third kappa shape index (κ3) is 1.97. The molecule has 12 heavy (non-hydrogen) atoms. The molecule has 1 aliphatic rings. The largest absolute Gasteiger partial charge is 0.378 e. The van der Waals surface area contributed by atoms with E-state index >= 15 is 0 Å². The molecule has 0 heterocycles. The maximum absolute atomic E-state index is 11.2. The van der Waals surface area contributed by atoms with Crippen molar-refractivity contribution in [3.8, 4) is 0 Å². The van der Waals surface area contributed by atoms with Gasteiger partial charge in [0.15, 0.2) is 0 Å². The predicted molar refractivity (Wildman–Crippen MR) is 46.9 cm³/mol. The molecule has 0 aliphatic heterocycles. The molecule has 0 aromatic carbocycles. The van der Waals surface area contributed by atoms with Crippen LogP contribution < -0.4 is 5.32 Å². The van der Waals surface area contributed by atoms with Crippen molar-refractivity contribution in [2.45, 2.75) is 38.2 Å². The van der Waals surface area contributed by atoms with Gasteiger partial charge in [0, 0.05) is 13.7 Å². The van der Waals surface area contributed by atoms with Crippen LogP contribution in [0, 0.1) is 0 Å². The first-order valence-corrected chi connectivity index (χ1v) is 4.54. The average Bonchev–Trinajstić information content (AvgIpc) is 1.97. The van der Waals surface area contributed by atoms with Gasteiger partial charge in [0.2, 0.25) is 5.91 Å². The van der Waals surface area contributed by atoms with Crippen molar-refractivity contribution in [3.05, 3.63) is 0 Å². The van der Waals surface area contributed by atoms with Crippen LogP contribution in [0.3, 0.4) is 0 Å². The molecule has 1 rings (SSSR count). The van der Waals surface area contributed by atoms with E-state index in [0.29, 0.717) is 13.0 Å². The minimum atomic E-state index is -0.126. The van der Waals surface area contributed by atoms with Crippen molar-refractivity contribution < 1.29 is 9.53 Å². The van der Waals surface area contributed by atoms with Crippen LogP contribution >= 0.6 is 0 Å². The Bertz CT molecular complexity index is 158. The molecule has 1 fully saturated rings. The highest BCUT2D eigenvalue weighted by Crippen LogP contribution is 2.37. The van der Waals surface area contributed by atoms with E-state index in [1.54, 1.807) is 7.11 Å². The van der Waals surface area contributed by atoms with Crippen LogP contribution in [-0.2, 0) is 9.53 Å². The zero-order valence-electron chi connectivity index (χ0n) is 7.85. The molecule has 1 N–H and O–H groups in total. The van der Waals surface area contributed by atoms with Gasteiger partial charge in [-0.1, -0.05) is 0 Å². The Morgan fingerprint density at radius 2 is 2.25 bits per heavy atom. The highest BCUT2D eigenvalue weighted by atomic mass is 16.5. The molecule has 0 aromatic rings. The molecule has 3 heteroatoms. The fraction of sp³-hybridized carbons (Fsp3) is 0.889. The Morgan fingerprint density at radius 1 is 1.58 bits per heavy atom. The van der Waals surface area contributed by atoms with Crippen molar-refractivity contribution in [1.82, 2.24) is 5.32 Å². The van der Waals surface area contributed by atoms with E-state index in [-0.39, 0.29) is 11.5 Å². The smallest absolute Gasteiger partial charge is 0.222 e. The number of ether oxygens (including phenoxy) is 1. The highest BCUT2D eigenvalue weighted by molar-refractivity contribution is 5.77. The summed E-state index contributed by atoms with van der Waals surface area (Å²) in [5, 5.41) is 2.78. The molecule has 1 saturated carbocycles. The third-order valence-corrected chi connectivity index (χ3v) is 2.55. The number of carbonyl (C=O) groups is 1. The summed E-state index contributed by atoms with van der Waals surface area (Å²) in [7, 11) is 1.69. The van der Waals surface area contributed by atoms with Crippen LogP contribution in [0.1, 0.15) is 32.6 Å². The first-order valence-electron chi connectivity index (χ1n) is 4.54. The lowest BCUT2D eigenvalue weighted by Crippen LogP contribution is -2.43. The van der Waals surface area contributed by atoms with Crippen LogP contribution in [-0.4, -0.2) is 25.2 Å². The molecule has 0 unspecified atom stereocenters. The van der Waals surface area contributed by atoms with Crippen molar-refractivity contribution in [3.63, 3.8) is 0 Å². The average molecular weight is 171 g/mol. The molecule has 0 bridgehead atoms. The van der Waals surface area contributed by atoms with E-state index in [1.165, 1.54) is 6.42 Å². The van der Waals surface area contributed by atoms with Crippen LogP contribution in [0.2, 0.25) is 0 Å². The molecule has 3 nitrogen and oxygen atoms in total. The number of carbonyl (C=O) groups excluding carboxylic acids is 1. The Kier molecular flexibility index (Phi) is 3.09. The van der Waals surface area contributed by atoms with E-state index in [9.17, 15) is 4.79 Å². The fourth-order valence-electron chi connectivity index (χ4n) is 1.58. The number of hydrogen-bond donors (Lipinski definition) is 1. The molecule has 1 aliphatic carbocycles. The van der Waals surface area contributed by atoms with Crippen LogP contribution in [0.5, 0.6) is 0 Å². The summed E-state index contributed by atoms with van der Waals surface area (Å²) >= 11 is 0. The number of hydrogen-bond acceptors (Lipinski definition) is 2. The van der Waals surface area contributed by atoms with E-state index in [2.05, 4.69) is 5.32 Å². The molecule has 0 saturated heterocycles. The van der Waals surface area contributed by atoms with Gasteiger partial charge in [0.1, 0.15) is 0 Å². The lowest BCUT2D eigenvalue weighted by molar-refractivity contribution is -0.134. The van der Waals surface area contributed by atoms with Gasteiger partial charge in [0.05, 0.1) is 12.0 Å². The minimum absolute atomic E-state index is 0.110. The summed E-state index contributed by atoms with van der Waals surface area (Å²) in [6.07, 6.45) is 3.77. The number of amides is 1. The molecule has 0 aromatic heterocycles. The summed E-state index contributed by atoms with van der Waals surface area (Å²) in [6, 6.07) is 0. The van der Waals surface area contributed by atoms with Gasteiger partial charge in [-0.25, -0.2) is 0 Å². The summed E-state index contributed by atoms with van der Waals surface area (Å²) in [5.74, 6) is 0.110. The van der Waals surface area contributed by atoms with E-state index in [1.807, 2.05) is 6.92 Å². The normalized spacial score (nSPS) is 19.8. The Hall–Kier alpha value is -0.570. The quantitative estimate of drug-likeness (QED) is 0.687. The molecule has 0 atom stereocenters. The number of methoxy groups -OCH3 is 1. The molecule has 70 valence electrons. The van der Waals surface area contributed by atoms with Gasteiger partial charge >= 0.3 is 0 Å². The van der Waals surface area contributed by atoms with E-state index < -0.39 is 0 Å². The molecular weight excluding hydrogens is 154 g/mol. The maximum Gasteiger partial charge on any atom is 0.222 e. The summed E-state index contributed by atoms with van der Waals surface area (Å²) in [4.78, 5) is 11.2. The van der Waals surface area contributed by atoms with Gasteiger partial charge in [-0.15, -0.1) is 0 Å². The van der Waals surface area contributed by atoms with E-state index in [4.69, 9.17) is 4.74 Å². The second-order valence-corrected chi connectivity index (χ2v) is 3.37. The van der Waals surface area contributed by atoms with Crippen molar-refractivity contribution in [2.75, 3.05) is 13.7 Å². The monoisotopic (exact) mass is 171 g/mol.